The number of phenolic OH excluding ortho intramolecular Hbond substituents is 1. The maximum atomic E-state index is 13.0. The highest BCUT2D eigenvalue weighted by Crippen LogP contribution is 2.53. The molecule has 10 rings (SSSR count). The molecule has 1 saturated carbocycles. The summed E-state index contributed by atoms with van der Waals surface area (Å²) in [5.74, 6) is 3.83. The van der Waals surface area contributed by atoms with E-state index < -0.39 is 0 Å². The molecule has 6 aromatic rings. The largest absolute Gasteiger partial charge is 0.508 e. The quantitative estimate of drug-likeness (QED) is 0.0859. The lowest BCUT2D eigenvalue weighted by Gasteiger charge is -2.61. The Labute approximate surface area is 413 Å². The first-order chi connectivity index (χ1) is 33.0. The van der Waals surface area contributed by atoms with Gasteiger partial charge in [-0.3, -0.25) is 9.59 Å². The third-order valence-electron chi connectivity index (χ3n) is 14.2. The number of ether oxygens (including phenoxy) is 1. The Kier molecular flexibility index (Phi) is 13.4. The summed E-state index contributed by atoms with van der Waals surface area (Å²) in [6.45, 7) is 18.4. The van der Waals surface area contributed by atoms with Crippen LogP contribution in [0.1, 0.15) is 69.8 Å². The zero-order valence-electron chi connectivity index (χ0n) is 40.2. The molecule has 3 aliphatic heterocycles. The van der Waals surface area contributed by atoms with Gasteiger partial charge in [0.05, 0.1) is 16.1 Å². The van der Waals surface area contributed by atoms with Gasteiger partial charge in [0.25, 0.3) is 11.5 Å². The van der Waals surface area contributed by atoms with Gasteiger partial charge in [0, 0.05) is 129 Å². The molecule has 1 amide bonds. The highest BCUT2D eigenvalue weighted by atomic mass is 35.5. The van der Waals surface area contributed by atoms with Gasteiger partial charge < -0.3 is 44.1 Å². The number of aromatic nitrogens is 4. The number of likely N-dealkylation sites (tertiary alicyclic amines) is 1. The lowest BCUT2D eigenvalue weighted by Crippen LogP contribution is -2.72. The molecule has 6 heterocycles. The number of carbonyl (C=O) groups is 1. The summed E-state index contributed by atoms with van der Waals surface area (Å²) >= 11 is 7.19. The molecule has 3 aromatic heterocycles. The van der Waals surface area contributed by atoms with Crippen molar-refractivity contribution in [3.63, 3.8) is 0 Å². The maximum absolute atomic E-state index is 13.0. The molecule has 3 aromatic carbocycles. The Balaban J connectivity index is 0.000000529. The van der Waals surface area contributed by atoms with Crippen molar-refractivity contribution in [2.45, 2.75) is 59.9 Å². The molecule has 3 saturated heterocycles. The summed E-state index contributed by atoms with van der Waals surface area (Å²) in [5.41, 5.74) is 5.99. The Morgan fingerprint density at radius 1 is 0.971 bits per heavy atom. The van der Waals surface area contributed by atoms with Crippen molar-refractivity contribution < 1.29 is 14.6 Å². The second-order valence-electron chi connectivity index (χ2n) is 20.6. The first kappa shape index (κ1) is 47.8. The first-order valence-electron chi connectivity index (χ1n) is 23.7. The number of piperidine rings is 1. The van der Waals surface area contributed by atoms with Crippen molar-refractivity contribution in [2.75, 3.05) is 66.1 Å². The van der Waals surface area contributed by atoms with Crippen molar-refractivity contribution in [3.05, 3.63) is 118 Å². The molecule has 4 N–H and O–H groups in total. The standard InChI is InChI=1S/C46H57N9O3S.C7H4ClNO/c1-7-59-51-32-11-12-38(36(19-32)37-24-52(6)41(57)39-35(37)13-16-47-39)58-34-10-8-9-33(20-34)55-28-46(29-55)26-53(27-46)23-30-14-17-54(18-15-30)43-48-21-31(22-49-43)40(56)50-42-44(2,3)25-45(42,4)5;8-7-3-6(10)2-1-5(7)4-9/h8-13,16,19-22,24,30,42,47,51H,7,14-15,17-18,23,25-29H2,1-6H3,(H,50,56);1-3,10H. The summed E-state index contributed by atoms with van der Waals surface area (Å²) in [6, 6.07) is 22.8. The van der Waals surface area contributed by atoms with Gasteiger partial charge in [-0.1, -0.05) is 64.2 Å². The molecule has 4 fully saturated rings. The summed E-state index contributed by atoms with van der Waals surface area (Å²) in [7, 11) is 1.79. The van der Waals surface area contributed by atoms with Gasteiger partial charge in [-0.2, -0.15) is 5.26 Å². The van der Waals surface area contributed by atoms with Gasteiger partial charge in [-0.15, -0.1) is 0 Å². The monoisotopic (exact) mass is 968 g/mol. The molecule has 4 aliphatic rings. The smallest absolute Gasteiger partial charge is 0.274 e. The topological polar surface area (TPSA) is 168 Å². The van der Waals surface area contributed by atoms with E-state index in [0.29, 0.717) is 28.0 Å². The van der Waals surface area contributed by atoms with Crippen LogP contribution < -0.4 is 30.1 Å². The van der Waals surface area contributed by atoms with Crippen molar-refractivity contribution in [3.8, 4) is 34.4 Å². The second kappa shape index (κ2) is 19.3. The zero-order chi connectivity index (χ0) is 48.7. The Hall–Kier alpha value is -6.21. The lowest BCUT2D eigenvalue weighted by molar-refractivity contribution is -0.0366. The molecule has 69 heavy (non-hydrogen) atoms. The lowest BCUT2D eigenvalue weighted by atomic mass is 9.52. The minimum atomic E-state index is -0.0880. The van der Waals surface area contributed by atoms with E-state index in [9.17, 15) is 9.59 Å². The van der Waals surface area contributed by atoms with Gasteiger partial charge in [0.1, 0.15) is 28.8 Å². The van der Waals surface area contributed by atoms with Crippen LogP contribution in [0.25, 0.3) is 22.0 Å². The Morgan fingerprint density at radius 3 is 2.39 bits per heavy atom. The molecule has 14 nitrogen and oxygen atoms in total. The fraction of sp³-hybridized carbons (Fsp3) is 0.415. The number of hydrogen-bond donors (Lipinski definition) is 4. The number of aryl methyl sites for hydroxylation is 1. The van der Waals surface area contributed by atoms with Gasteiger partial charge in [-0.05, 0) is 90.6 Å². The number of benzene rings is 3. The van der Waals surface area contributed by atoms with Crippen LogP contribution in [0, 0.1) is 33.5 Å². The molecule has 0 radical (unpaired) electrons. The number of pyridine rings is 1. The van der Waals surface area contributed by atoms with E-state index in [4.69, 9.17) is 26.7 Å². The number of carbonyl (C=O) groups excluding carboxylic acids is 1. The number of nitriles is 1. The molecule has 360 valence electrons. The number of nitrogens with zero attached hydrogens (tertiary/aromatic N) is 7. The molecule has 1 aliphatic carbocycles. The van der Waals surface area contributed by atoms with Gasteiger partial charge in [0.2, 0.25) is 5.95 Å². The van der Waals surface area contributed by atoms with Crippen LogP contribution in [0.15, 0.2) is 96.3 Å². The van der Waals surface area contributed by atoms with Crippen LogP contribution in [0.4, 0.5) is 17.3 Å². The van der Waals surface area contributed by atoms with Crippen LogP contribution in [-0.4, -0.2) is 93.0 Å². The third kappa shape index (κ3) is 10.1. The molecule has 0 bridgehead atoms. The average molecular weight is 970 g/mol. The number of aromatic hydroxyl groups is 1. The fourth-order valence-corrected chi connectivity index (χ4v) is 12.0. The highest BCUT2D eigenvalue weighted by Gasteiger charge is 2.54. The molecule has 0 unspecified atom stereocenters. The summed E-state index contributed by atoms with van der Waals surface area (Å²) in [4.78, 5) is 45.6. The molecular weight excluding hydrogens is 908 g/mol. The van der Waals surface area contributed by atoms with Crippen LogP contribution >= 0.6 is 23.5 Å². The predicted octanol–water partition coefficient (Wildman–Crippen LogP) is 9.71. The van der Waals surface area contributed by atoms with Gasteiger partial charge in [0.15, 0.2) is 0 Å². The predicted molar refractivity (Wildman–Crippen MR) is 277 cm³/mol. The van der Waals surface area contributed by atoms with Crippen molar-refractivity contribution in [1.29, 1.82) is 5.26 Å². The third-order valence-corrected chi connectivity index (χ3v) is 15.2. The summed E-state index contributed by atoms with van der Waals surface area (Å²) in [5, 5.41) is 21.6. The van der Waals surface area contributed by atoms with E-state index in [0.717, 1.165) is 110 Å². The van der Waals surface area contributed by atoms with Crippen LogP contribution in [0.2, 0.25) is 5.02 Å². The normalized spacial score (nSPS) is 18.3. The molecule has 0 atom stereocenters. The number of halogens is 1. The van der Waals surface area contributed by atoms with E-state index in [1.165, 1.54) is 23.9 Å². The zero-order valence-corrected chi connectivity index (χ0v) is 41.8. The molecule has 16 heteroatoms. The second-order valence-corrected chi connectivity index (χ2v) is 22.1. The van der Waals surface area contributed by atoms with E-state index in [-0.39, 0.29) is 39.1 Å². The number of amides is 1. The van der Waals surface area contributed by atoms with Crippen molar-refractivity contribution in [1.82, 2.24) is 29.7 Å². The first-order valence-corrected chi connectivity index (χ1v) is 25.1. The SMILES string of the molecule is CCSNc1ccc(Oc2cccc(N3CC4(CN(CC5CCN(c6ncc(C(=O)NC7C(C)(C)CC7(C)C)cn6)CC5)C4)C3)c2)c(-c2cn(C)c(=O)c3[nH]ccc23)c1.N#Cc1ccc(O)cc1Cl. The number of phenols is 1. The number of aromatic amines is 1. The summed E-state index contributed by atoms with van der Waals surface area (Å²) in [6.07, 6.45) is 10.4. The molecule has 1 spiro atoms. The molecular formula is C53H61ClN10O4S. The van der Waals surface area contributed by atoms with E-state index in [1.54, 1.807) is 36.0 Å². The van der Waals surface area contributed by atoms with Crippen LogP contribution in [-0.2, 0) is 7.05 Å². The number of fused-ring (bicyclic) bond motifs is 1. The number of rotatable bonds is 12. The van der Waals surface area contributed by atoms with E-state index in [1.807, 2.05) is 42.7 Å². The number of nitrogens with one attached hydrogen (secondary N) is 3. The fourth-order valence-electron chi connectivity index (χ4n) is 11.4. The number of hydrogen-bond acceptors (Lipinski definition) is 12. The van der Waals surface area contributed by atoms with Crippen LogP contribution in [0.5, 0.6) is 17.2 Å². The Bertz CT molecular complexity index is 2930. The van der Waals surface area contributed by atoms with Gasteiger partial charge >= 0.3 is 0 Å². The summed E-state index contributed by atoms with van der Waals surface area (Å²) < 4.78 is 11.7. The van der Waals surface area contributed by atoms with E-state index >= 15 is 0 Å². The van der Waals surface area contributed by atoms with Gasteiger partial charge in [-0.25, -0.2) is 9.97 Å². The average Bonchev–Trinajstić information content (AvgIpc) is 3.80. The van der Waals surface area contributed by atoms with Crippen molar-refractivity contribution >= 4 is 57.7 Å². The number of anilines is 3. The van der Waals surface area contributed by atoms with E-state index in [2.05, 4.69) is 98.6 Å². The Morgan fingerprint density at radius 2 is 1.71 bits per heavy atom. The van der Waals surface area contributed by atoms with Crippen LogP contribution in [0.3, 0.4) is 0 Å². The minimum absolute atomic E-state index is 0.0581. The maximum Gasteiger partial charge on any atom is 0.274 e. The minimum Gasteiger partial charge on any atom is -0.508 e. The van der Waals surface area contributed by atoms with Crippen molar-refractivity contribution in [2.24, 2.45) is 29.2 Å². The highest BCUT2D eigenvalue weighted by molar-refractivity contribution is 8.00. The number of H-pyrrole nitrogens is 1.